The topological polar surface area (TPSA) is 28.2 Å². The Hall–Kier alpha value is -1.51. The molecule has 1 unspecified atom stereocenters. The fourth-order valence-electron chi connectivity index (χ4n) is 2.29. The number of likely N-dealkylation sites (tertiary alicyclic amines) is 1. The van der Waals surface area contributed by atoms with Crippen molar-refractivity contribution in [2.75, 3.05) is 31.5 Å². The van der Waals surface area contributed by atoms with Crippen molar-refractivity contribution in [2.45, 2.75) is 12.6 Å². The number of nitrogens with zero attached hydrogens (tertiary/aromatic N) is 2. The van der Waals surface area contributed by atoms with Crippen molar-refractivity contribution in [3.8, 4) is 0 Å². The molecule has 1 aromatic heterocycles. The molecule has 3 nitrogen and oxygen atoms in total. The molecule has 0 aromatic carbocycles. The summed E-state index contributed by atoms with van der Waals surface area (Å²) in [5.74, 6) is -4.44. The highest BCUT2D eigenvalue weighted by atomic mass is 19.4. The summed E-state index contributed by atoms with van der Waals surface area (Å²) in [5, 5.41) is 2.51. The number of aromatic nitrogens is 1. The van der Waals surface area contributed by atoms with Crippen molar-refractivity contribution in [3.05, 3.63) is 23.6 Å². The molecule has 0 bridgehead atoms. The van der Waals surface area contributed by atoms with Crippen molar-refractivity contribution in [3.63, 3.8) is 0 Å². The lowest BCUT2D eigenvalue weighted by atomic mass is 10.1. The van der Waals surface area contributed by atoms with E-state index in [1.54, 1.807) is 0 Å². The third-order valence-corrected chi connectivity index (χ3v) is 3.22. The summed E-state index contributed by atoms with van der Waals surface area (Å²) in [6.45, 7) is -0.345. The molecule has 1 saturated heterocycles. The molecule has 1 aromatic rings. The van der Waals surface area contributed by atoms with E-state index in [1.165, 1.54) is 4.90 Å². The van der Waals surface area contributed by atoms with E-state index in [9.17, 15) is 26.3 Å². The van der Waals surface area contributed by atoms with E-state index in [1.807, 2.05) is 0 Å². The Morgan fingerprint density at radius 1 is 1.24 bits per heavy atom. The average molecular weight is 313 g/mol. The number of pyridine rings is 1. The molecule has 0 amide bonds. The van der Waals surface area contributed by atoms with Crippen LogP contribution in [0.15, 0.2) is 6.07 Å². The molecule has 2 rings (SSSR count). The van der Waals surface area contributed by atoms with E-state index < -0.39 is 36.1 Å². The normalized spacial score (nSPS) is 20.0. The number of alkyl halides is 3. The molecule has 1 N–H and O–H groups in total. The summed E-state index contributed by atoms with van der Waals surface area (Å²) in [4.78, 5) is 4.34. The summed E-state index contributed by atoms with van der Waals surface area (Å²) in [6.07, 6.45) is -3.75. The first-order valence-electron chi connectivity index (χ1n) is 6.29. The molecule has 1 atom stereocenters. The van der Waals surface area contributed by atoms with Crippen LogP contribution in [0, 0.1) is 23.5 Å². The van der Waals surface area contributed by atoms with Crippen LogP contribution in [0.2, 0.25) is 0 Å². The Labute approximate surface area is 117 Å². The number of hydrogen-bond donors (Lipinski definition) is 1. The predicted octanol–water partition coefficient (Wildman–Crippen LogP) is 2.80. The maximum atomic E-state index is 13.3. The van der Waals surface area contributed by atoms with E-state index >= 15 is 0 Å². The first kappa shape index (κ1) is 15.9. The lowest BCUT2D eigenvalue weighted by molar-refractivity contribution is -0.143. The zero-order chi connectivity index (χ0) is 15.6. The molecule has 1 aliphatic rings. The summed E-state index contributed by atoms with van der Waals surface area (Å²) in [7, 11) is 0. The van der Waals surface area contributed by atoms with Crippen LogP contribution in [0.5, 0.6) is 0 Å². The van der Waals surface area contributed by atoms with Crippen molar-refractivity contribution >= 4 is 5.82 Å². The fourth-order valence-corrected chi connectivity index (χ4v) is 2.29. The second kappa shape index (κ2) is 6.08. The predicted molar refractivity (Wildman–Crippen MR) is 63.2 cm³/mol. The summed E-state index contributed by atoms with van der Waals surface area (Å²) >= 11 is 0. The van der Waals surface area contributed by atoms with Gasteiger partial charge in [0.05, 0.1) is 6.54 Å². The quantitative estimate of drug-likeness (QED) is 0.684. The highest BCUT2D eigenvalue weighted by Gasteiger charge is 2.34. The molecule has 0 aliphatic carbocycles. The van der Waals surface area contributed by atoms with Gasteiger partial charge in [-0.3, -0.25) is 4.90 Å². The monoisotopic (exact) mass is 313 g/mol. The second-order valence-electron chi connectivity index (χ2n) is 4.98. The molecule has 0 radical (unpaired) electrons. The zero-order valence-electron chi connectivity index (χ0n) is 10.9. The van der Waals surface area contributed by atoms with Crippen LogP contribution in [0.25, 0.3) is 0 Å². The molecule has 1 fully saturated rings. The maximum Gasteiger partial charge on any atom is 0.401 e. The van der Waals surface area contributed by atoms with Crippen LogP contribution in [0.1, 0.15) is 6.42 Å². The Balaban J connectivity index is 1.86. The lowest BCUT2D eigenvalue weighted by Gasteiger charge is -2.18. The van der Waals surface area contributed by atoms with Gasteiger partial charge in [0.2, 0.25) is 0 Å². The van der Waals surface area contributed by atoms with Gasteiger partial charge in [-0.15, -0.1) is 0 Å². The van der Waals surface area contributed by atoms with Crippen molar-refractivity contribution < 1.29 is 26.3 Å². The summed E-state index contributed by atoms with van der Waals surface area (Å²) in [5.41, 5.74) is 0. The van der Waals surface area contributed by atoms with Gasteiger partial charge >= 0.3 is 6.18 Å². The summed E-state index contributed by atoms with van der Waals surface area (Å²) in [6, 6.07) is 0.370. The van der Waals surface area contributed by atoms with Crippen LogP contribution < -0.4 is 5.32 Å². The van der Waals surface area contributed by atoms with Crippen LogP contribution in [0.3, 0.4) is 0 Å². The van der Waals surface area contributed by atoms with E-state index in [4.69, 9.17) is 0 Å². The Bertz CT molecular complexity index is 505. The van der Waals surface area contributed by atoms with Gasteiger partial charge in [-0.05, 0) is 18.9 Å². The molecule has 2 heterocycles. The zero-order valence-corrected chi connectivity index (χ0v) is 10.9. The smallest absolute Gasteiger partial charge is 0.367 e. The van der Waals surface area contributed by atoms with Gasteiger partial charge in [0.25, 0.3) is 5.95 Å². The Morgan fingerprint density at radius 2 is 1.95 bits per heavy atom. The van der Waals surface area contributed by atoms with E-state index in [0.717, 1.165) is 0 Å². The lowest BCUT2D eigenvalue weighted by Crippen LogP contribution is -2.33. The highest BCUT2D eigenvalue weighted by molar-refractivity contribution is 5.36. The molecule has 21 heavy (non-hydrogen) atoms. The third kappa shape index (κ3) is 4.48. The maximum absolute atomic E-state index is 13.3. The molecule has 0 saturated carbocycles. The van der Waals surface area contributed by atoms with Gasteiger partial charge in [0.15, 0.2) is 17.5 Å². The molecule has 9 heteroatoms. The van der Waals surface area contributed by atoms with Gasteiger partial charge < -0.3 is 5.32 Å². The number of halogens is 6. The van der Waals surface area contributed by atoms with E-state index in [0.29, 0.717) is 19.0 Å². The average Bonchev–Trinajstić information content (AvgIpc) is 2.77. The van der Waals surface area contributed by atoms with Crippen LogP contribution in [-0.4, -0.2) is 42.2 Å². The van der Waals surface area contributed by atoms with Gasteiger partial charge in [-0.25, -0.2) is 8.78 Å². The second-order valence-corrected chi connectivity index (χ2v) is 4.98. The Morgan fingerprint density at radius 3 is 2.62 bits per heavy atom. The number of anilines is 1. The van der Waals surface area contributed by atoms with Gasteiger partial charge in [0.1, 0.15) is 0 Å². The number of rotatable bonds is 4. The molecular formula is C12H13F6N3. The molecule has 0 spiro atoms. The minimum absolute atomic E-state index is 0.137. The van der Waals surface area contributed by atoms with Gasteiger partial charge in [-0.1, -0.05) is 0 Å². The largest absolute Gasteiger partial charge is 0.401 e. The van der Waals surface area contributed by atoms with Gasteiger partial charge in [-0.2, -0.15) is 22.5 Å². The molecular weight excluding hydrogens is 300 g/mol. The van der Waals surface area contributed by atoms with Crippen LogP contribution in [0.4, 0.5) is 32.2 Å². The number of nitrogens with one attached hydrogen (secondary N) is 1. The van der Waals surface area contributed by atoms with Crippen LogP contribution >= 0.6 is 0 Å². The molecule has 118 valence electrons. The van der Waals surface area contributed by atoms with Gasteiger partial charge in [0, 0.05) is 19.2 Å². The first-order valence-corrected chi connectivity index (χ1v) is 6.29. The minimum atomic E-state index is -4.25. The molecule has 1 aliphatic heterocycles. The fraction of sp³-hybridized carbons (Fsp3) is 0.583. The standard InChI is InChI=1S/C12H13F6N3/c13-8-3-9(14)11(20-10(8)15)19-4-7-1-2-21(5-7)6-12(16,17)18/h3,7H,1-2,4-6H2,(H,19,20). The van der Waals surface area contributed by atoms with Crippen LogP contribution in [-0.2, 0) is 0 Å². The van der Waals surface area contributed by atoms with E-state index in [-0.39, 0.29) is 19.0 Å². The van der Waals surface area contributed by atoms with Crippen molar-refractivity contribution in [1.29, 1.82) is 0 Å². The van der Waals surface area contributed by atoms with Crippen molar-refractivity contribution in [1.82, 2.24) is 9.88 Å². The third-order valence-electron chi connectivity index (χ3n) is 3.22. The minimum Gasteiger partial charge on any atom is -0.367 e. The highest BCUT2D eigenvalue weighted by Crippen LogP contribution is 2.23. The first-order chi connectivity index (χ1) is 9.74. The van der Waals surface area contributed by atoms with Crippen molar-refractivity contribution in [2.24, 2.45) is 5.92 Å². The SMILES string of the molecule is Fc1cc(F)c(NCC2CCN(CC(F)(F)F)C2)nc1F. The number of hydrogen-bond acceptors (Lipinski definition) is 3. The summed E-state index contributed by atoms with van der Waals surface area (Å²) < 4.78 is 75.6. The van der Waals surface area contributed by atoms with E-state index in [2.05, 4.69) is 10.3 Å². The Kier molecular flexibility index (Phi) is 4.60.